The molecule has 0 rings (SSSR count). The van der Waals surface area contributed by atoms with Gasteiger partial charge in [0, 0.05) is 34.7 Å². The van der Waals surface area contributed by atoms with E-state index in [0.717, 1.165) is 0 Å². The standard InChI is InChI=1S/3C2H6.2Al/c3*1-2;;/h3*1-2H3;;. The lowest BCUT2D eigenvalue weighted by Gasteiger charge is -1.07. The van der Waals surface area contributed by atoms with Gasteiger partial charge in [0.15, 0.2) is 0 Å². The van der Waals surface area contributed by atoms with E-state index in [9.17, 15) is 0 Å². The molecule has 0 saturated heterocycles. The summed E-state index contributed by atoms with van der Waals surface area (Å²) in [4.78, 5) is 0. The Morgan fingerprint density at radius 3 is 0.375 bits per heavy atom. The van der Waals surface area contributed by atoms with Crippen molar-refractivity contribution < 1.29 is 0 Å². The minimum absolute atomic E-state index is 0. The van der Waals surface area contributed by atoms with Crippen LogP contribution in [0.3, 0.4) is 0 Å². The summed E-state index contributed by atoms with van der Waals surface area (Å²) in [5.41, 5.74) is 0. The molecule has 2 heteroatoms. The summed E-state index contributed by atoms with van der Waals surface area (Å²) in [5, 5.41) is 0. The second-order valence-corrected chi connectivity index (χ2v) is 0. The largest absolute Gasteiger partial charge is 0.0683 e. The molecular formula is C6H18Al2. The van der Waals surface area contributed by atoms with Crippen LogP contribution in [0.4, 0.5) is 0 Å². The fraction of sp³-hybridized carbons (Fsp3) is 1.00. The van der Waals surface area contributed by atoms with E-state index in [4.69, 9.17) is 0 Å². The highest BCUT2D eigenvalue weighted by Gasteiger charge is 0.936. The molecule has 0 unspecified atom stereocenters. The highest BCUT2D eigenvalue weighted by molar-refractivity contribution is 5.76. The van der Waals surface area contributed by atoms with Gasteiger partial charge in [0.05, 0.1) is 0 Å². The molecule has 0 bridgehead atoms. The summed E-state index contributed by atoms with van der Waals surface area (Å²) >= 11 is 0. The molecular weight excluding hydrogens is 126 g/mol. The number of rotatable bonds is 0. The highest BCUT2D eigenvalue weighted by Crippen LogP contribution is 1.15. The maximum atomic E-state index is 2.00. The van der Waals surface area contributed by atoms with E-state index in [2.05, 4.69) is 0 Å². The Bertz CT molecular complexity index is 6.49. The summed E-state index contributed by atoms with van der Waals surface area (Å²) in [6.45, 7) is 12.0. The summed E-state index contributed by atoms with van der Waals surface area (Å²) < 4.78 is 0. The van der Waals surface area contributed by atoms with Gasteiger partial charge in [-0.05, 0) is 0 Å². The van der Waals surface area contributed by atoms with Crippen molar-refractivity contribution >= 4 is 34.7 Å². The predicted molar refractivity (Wildman–Crippen MR) is 45.6 cm³/mol. The Hall–Kier alpha value is 1.06. The lowest BCUT2D eigenvalue weighted by molar-refractivity contribution is 1.50. The zero-order valence-corrected chi connectivity index (χ0v) is 9.46. The van der Waals surface area contributed by atoms with Gasteiger partial charge in [0.25, 0.3) is 0 Å². The molecule has 0 nitrogen and oxygen atoms in total. The number of hydrogen-bond acceptors (Lipinski definition) is 0. The molecule has 0 saturated carbocycles. The topological polar surface area (TPSA) is 0 Å². The molecule has 0 aliphatic rings. The van der Waals surface area contributed by atoms with Gasteiger partial charge in [0.2, 0.25) is 0 Å². The molecule has 0 atom stereocenters. The molecule has 8 heavy (non-hydrogen) atoms. The summed E-state index contributed by atoms with van der Waals surface area (Å²) in [5.74, 6) is 0. The predicted octanol–water partition coefficient (Wildman–Crippen LogP) is 2.32. The second kappa shape index (κ2) is 355. The van der Waals surface area contributed by atoms with E-state index >= 15 is 0 Å². The zero-order valence-electron chi connectivity index (χ0n) is 7.15. The molecule has 0 aliphatic heterocycles. The Labute approximate surface area is 76.3 Å². The van der Waals surface area contributed by atoms with Gasteiger partial charge in [-0.1, -0.05) is 41.5 Å². The van der Waals surface area contributed by atoms with Crippen molar-refractivity contribution in [1.29, 1.82) is 0 Å². The van der Waals surface area contributed by atoms with Gasteiger partial charge in [-0.25, -0.2) is 0 Å². The highest BCUT2D eigenvalue weighted by atomic mass is 27.0. The van der Waals surface area contributed by atoms with Gasteiger partial charge < -0.3 is 0 Å². The van der Waals surface area contributed by atoms with Gasteiger partial charge >= 0.3 is 0 Å². The quantitative estimate of drug-likeness (QED) is 0.458. The Morgan fingerprint density at radius 2 is 0.375 bits per heavy atom. The van der Waals surface area contributed by atoms with E-state index in [1.54, 1.807) is 0 Å². The van der Waals surface area contributed by atoms with Crippen LogP contribution in [0, 0.1) is 0 Å². The molecule has 0 aromatic rings. The van der Waals surface area contributed by atoms with Gasteiger partial charge in [-0.15, -0.1) is 0 Å². The van der Waals surface area contributed by atoms with Crippen molar-refractivity contribution in [3.05, 3.63) is 0 Å². The minimum atomic E-state index is 0. The van der Waals surface area contributed by atoms with Crippen LogP contribution in [0.2, 0.25) is 0 Å². The normalized spacial score (nSPS) is 2.25. The molecule has 0 aliphatic carbocycles. The van der Waals surface area contributed by atoms with E-state index in [-0.39, 0.29) is 34.7 Å². The van der Waals surface area contributed by atoms with Crippen molar-refractivity contribution in [3.8, 4) is 0 Å². The van der Waals surface area contributed by atoms with Crippen molar-refractivity contribution in [2.45, 2.75) is 41.5 Å². The van der Waals surface area contributed by atoms with E-state index in [1.165, 1.54) is 0 Å². The first kappa shape index (κ1) is 35.7. The van der Waals surface area contributed by atoms with Gasteiger partial charge in [-0.2, -0.15) is 0 Å². The third kappa shape index (κ3) is 229. The van der Waals surface area contributed by atoms with Gasteiger partial charge in [0.1, 0.15) is 0 Å². The first-order chi connectivity index (χ1) is 3.00. The lowest BCUT2D eigenvalue weighted by Crippen LogP contribution is -0.856. The third-order valence-corrected chi connectivity index (χ3v) is 0. The van der Waals surface area contributed by atoms with Gasteiger partial charge in [-0.3, -0.25) is 0 Å². The maximum absolute atomic E-state index is 2.00. The molecule has 0 fully saturated rings. The van der Waals surface area contributed by atoms with Crippen LogP contribution in [-0.2, 0) is 0 Å². The van der Waals surface area contributed by atoms with E-state index in [1.807, 2.05) is 41.5 Å². The zero-order chi connectivity index (χ0) is 6.00. The minimum Gasteiger partial charge on any atom is -0.0683 e. The Morgan fingerprint density at radius 1 is 0.375 bits per heavy atom. The average molecular weight is 144 g/mol. The summed E-state index contributed by atoms with van der Waals surface area (Å²) in [6.07, 6.45) is 0. The van der Waals surface area contributed by atoms with Crippen LogP contribution in [0.1, 0.15) is 41.5 Å². The van der Waals surface area contributed by atoms with E-state index < -0.39 is 0 Å². The van der Waals surface area contributed by atoms with Crippen molar-refractivity contribution in [2.24, 2.45) is 0 Å². The van der Waals surface area contributed by atoms with Crippen molar-refractivity contribution in [1.82, 2.24) is 0 Å². The van der Waals surface area contributed by atoms with Crippen molar-refractivity contribution in [3.63, 3.8) is 0 Å². The average Bonchev–Trinajstić information content (AvgIpc) is 1.81. The number of hydrogen-bond donors (Lipinski definition) is 0. The maximum Gasteiger partial charge on any atom is 0 e. The molecule has 0 spiro atoms. The molecule has 48 valence electrons. The molecule has 0 aromatic heterocycles. The van der Waals surface area contributed by atoms with Crippen molar-refractivity contribution in [2.75, 3.05) is 0 Å². The SMILES string of the molecule is CC.CC.CC.[Al].[Al]. The van der Waals surface area contributed by atoms with Crippen LogP contribution in [0.15, 0.2) is 0 Å². The monoisotopic (exact) mass is 144 g/mol. The Balaban J connectivity index is -0.00000000500. The molecule has 6 radical (unpaired) electrons. The Kier molecular flexibility index (Phi) is 1580. The first-order valence-electron chi connectivity index (χ1n) is 3.00. The van der Waals surface area contributed by atoms with Crippen LogP contribution in [0.5, 0.6) is 0 Å². The van der Waals surface area contributed by atoms with E-state index in [0.29, 0.717) is 0 Å². The first-order valence-corrected chi connectivity index (χ1v) is 3.00. The molecule has 0 amide bonds. The summed E-state index contributed by atoms with van der Waals surface area (Å²) in [6, 6.07) is 0. The molecule has 0 N–H and O–H groups in total. The van der Waals surface area contributed by atoms with Crippen LogP contribution in [-0.4, -0.2) is 34.7 Å². The van der Waals surface area contributed by atoms with Crippen LogP contribution >= 0.6 is 0 Å². The molecule has 0 aromatic carbocycles. The fourth-order valence-corrected chi connectivity index (χ4v) is 0. The molecule has 0 heterocycles. The second-order valence-electron chi connectivity index (χ2n) is 0. The fourth-order valence-electron chi connectivity index (χ4n) is 0. The third-order valence-electron chi connectivity index (χ3n) is 0. The smallest absolute Gasteiger partial charge is 0 e. The van der Waals surface area contributed by atoms with Crippen LogP contribution in [0.25, 0.3) is 0 Å². The van der Waals surface area contributed by atoms with Crippen LogP contribution < -0.4 is 0 Å². The summed E-state index contributed by atoms with van der Waals surface area (Å²) in [7, 11) is 0. The lowest BCUT2D eigenvalue weighted by atomic mass is 11.0.